The van der Waals surface area contributed by atoms with Gasteiger partial charge in [-0.3, -0.25) is 4.79 Å². The number of carbonyl (C=O) groups excluding carboxylic acids is 2. The highest BCUT2D eigenvalue weighted by molar-refractivity contribution is 5.89. The van der Waals surface area contributed by atoms with E-state index in [0.29, 0.717) is 11.1 Å². The van der Waals surface area contributed by atoms with Gasteiger partial charge in [0.2, 0.25) is 0 Å². The van der Waals surface area contributed by atoms with Crippen molar-refractivity contribution in [2.24, 2.45) is 0 Å². The lowest BCUT2D eigenvalue weighted by molar-refractivity contribution is -0.104. The Morgan fingerprint density at radius 2 is 1.88 bits per heavy atom. The number of benzene rings is 1. The molecule has 0 N–H and O–H groups in total. The van der Waals surface area contributed by atoms with Crippen LogP contribution in [0.1, 0.15) is 24.2 Å². The first-order valence-electron chi connectivity index (χ1n) is 4.99. The molecule has 0 aromatic heterocycles. The number of allylic oxidation sites excluding steroid dienone is 1. The van der Waals surface area contributed by atoms with Crippen LogP contribution in [-0.2, 0) is 9.53 Å². The van der Waals surface area contributed by atoms with Gasteiger partial charge in [-0.25, -0.2) is 4.79 Å². The van der Waals surface area contributed by atoms with Crippen LogP contribution in [0, 0.1) is 0 Å². The quantitative estimate of drug-likeness (QED) is 0.442. The number of rotatable bonds is 4. The van der Waals surface area contributed by atoms with E-state index < -0.39 is 0 Å². The number of hydrogen-bond donors (Lipinski definition) is 0. The molecule has 0 aliphatic carbocycles. The normalized spacial score (nSPS) is 11.6. The third-order valence-electron chi connectivity index (χ3n) is 2.28. The first-order chi connectivity index (χ1) is 7.65. The van der Waals surface area contributed by atoms with Crippen molar-refractivity contribution in [2.75, 3.05) is 6.61 Å². The second-order valence-corrected chi connectivity index (χ2v) is 3.52. The maximum Gasteiger partial charge on any atom is 0.338 e. The van der Waals surface area contributed by atoms with Gasteiger partial charge in [-0.1, -0.05) is 18.2 Å². The lowest BCUT2D eigenvalue weighted by Gasteiger charge is -2.05. The molecule has 1 aromatic rings. The third-order valence-corrected chi connectivity index (χ3v) is 2.28. The van der Waals surface area contributed by atoms with E-state index in [4.69, 9.17) is 4.74 Å². The minimum absolute atomic E-state index is 0.151. The summed E-state index contributed by atoms with van der Waals surface area (Å²) < 4.78 is 5.06. The minimum atomic E-state index is -0.376. The molecule has 0 aliphatic heterocycles. The molecule has 1 rings (SSSR count). The second-order valence-electron chi connectivity index (χ2n) is 3.52. The molecule has 3 nitrogen and oxygen atoms in total. The topological polar surface area (TPSA) is 43.4 Å². The van der Waals surface area contributed by atoms with E-state index >= 15 is 0 Å². The fourth-order valence-corrected chi connectivity index (χ4v) is 1.05. The summed E-state index contributed by atoms with van der Waals surface area (Å²) in [6, 6.07) is 8.76. The van der Waals surface area contributed by atoms with Crippen molar-refractivity contribution in [3.05, 3.63) is 47.0 Å². The number of hydrogen-bond acceptors (Lipinski definition) is 3. The Hall–Kier alpha value is -1.90. The van der Waals surface area contributed by atoms with Crippen molar-refractivity contribution in [3.8, 4) is 0 Å². The molecule has 0 saturated carbocycles. The zero-order valence-corrected chi connectivity index (χ0v) is 9.40. The van der Waals surface area contributed by atoms with Gasteiger partial charge in [-0.05, 0) is 37.1 Å². The molecule has 0 heterocycles. The molecule has 84 valence electrons. The summed E-state index contributed by atoms with van der Waals surface area (Å²) in [5, 5.41) is 0. The Morgan fingerprint density at radius 1 is 1.25 bits per heavy atom. The standard InChI is InChI=1S/C13H14O3/c1-10(8-14)11(2)9-16-13(15)12-6-4-3-5-7-12/h3-8H,9H2,1-2H3/b11-10+. The number of aldehydes is 1. The average molecular weight is 218 g/mol. The van der Waals surface area contributed by atoms with Crippen LogP contribution in [0.25, 0.3) is 0 Å². The number of carbonyl (C=O) groups is 2. The van der Waals surface area contributed by atoms with Crippen molar-refractivity contribution in [1.82, 2.24) is 0 Å². The Kier molecular flexibility index (Phi) is 4.45. The van der Waals surface area contributed by atoms with Gasteiger partial charge in [0.1, 0.15) is 12.9 Å². The molecule has 1 aromatic carbocycles. The minimum Gasteiger partial charge on any atom is -0.458 e. The SMILES string of the molecule is C/C(C=O)=C(/C)COC(=O)c1ccccc1. The zero-order chi connectivity index (χ0) is 12.0. The Bertz CT molecular complexity index is 404. The fourth-order valence-electron chi connectivity index (χ4n) is 1.05. The second kappa shape index (κ2) is 5.85. The van der Waals surface area contributed by atoms with Crippen molar-refractivity contribution in [2.45, 2.75) is 13.8 Å². The highest BCUT2D eigenvalue weighted by atomic mass is 16.5. The smallest absolute Gasteiger partial charge is 0.338 e. The lowest BCUT2D eigenvalue weighted by atomic mass is 10.2. The van der Waals surface area contributed by atoms with E-state index in [9.17, 15) is 9.59 Å². The monoisotopic (exact) mass is 218 g/mol. The van der Waals surface area contributed by atoms with E-state index in [2.05, 4.69) is 0 Å². The molecule has 0 bridgehead atoms. The van der Waals surface area contributed by atoms with Gasteiger partial charge in [0.25, 0.3) is 0 Å². The highest BCUT2D eigenvalue weighted by Crippen LogP contribution is 2.05. The molecule has 0 spiro atoms. The van der Waals surface area contributed by atoms with Crippen LogP contribution in [-0.4, -0.2) is 18.9 Å². The molecule has 3 heteroatoms. The van der Waals surface area contributed by atoms with E-state index in [-0.39, 0.29) is 12.6 Å². The Labute approximate surface area is 94.7 Å². The van der Waals surface area contributed by atoms with Gasteiger partial charge in [-0.2, -0.15) is 0 Å². The molecule has 0 fully saturated rings. The molecule has 0 amide bonds. The summed E-state index contributed by atoms with van der Waals surface area (Å²) in [5.74, 6) is -0.376. The number of ether oxygens (including phenoxy) is 1. The Morgan fingerprint density at radius 3 is 2.44 bits per heavy atom. The van der Waals surface area contributed by atoms with Crippen LogP contribution < -0.4 is 0 Å². The maximum atomic E-state index is 11.5. The summed E-state index contributed by atoms with van der Waals surface area (Å²) in [6.07, 6.45) is 0.756. The first-order valence-corrected chi connectivity index (χ1v) is 4.99. The highest BCUT2D eigenvalue weighted by Gasteiger charge is 2.06. The van der Waals surface area contributed by atoms with E-state index in [1.54, 1.807) is 38.1 Å². The summed E-state index contributed by atoms with van der Waals surface area (Å²) in [5.41, 5.74) is 1.87. The van der Waals surface area contributed by atoms with Crippen LogP contribution >= 0.6 is 0 Å². The largest absolute Gasteiger partial charge is 0.458 e. The van der Waals surface area contributed by atoms with Crippen LogP contribution in [0.2, 0.25) is 0 Å². The summed E-state index contributed by atoms with van der Waals surface area (Å²) in [7, 11) is 0. The van der Waals surface area contributed by atoms with Crippen LogP contribution in [0.3, 0.4) is 0 Å². The molecule has 0 aliphatic rings. The van der Waals surface area contributed by atoms with Crippen molar-refractivity contribution >= 4 is 12.3 Å². The van der Waals surface area contributed by atoms with Gasteiger partial charge >= 0.3 is 5.97 Å². The first kappa shape index (κ1) is 12.2. The van der Waals surface area contributed by atoms with Gasteiger partial charge in [0.15, 0.2) is 0 Å². The Balaban J connectivity index is 2.58. The van der Waals surface area contributed by atoms with Gasteiger partial charge < -0.3 is 4.74 Å². The van der Waals surface area contributed by atoms with Gasteiger partial charge in [0, 0.05) is 0 Å². The number of esters is 1. The van der Waals surface area contributed by atoms with E-state index in [1.165, 1.54) is 0 Å². The fraction of sp³-hybridized carbons (Fsp3) is 0.231. The lowest BCUT2D eigenvalue weighted by Crippen LogP contribution is -2.07. The summed E-state index contributed by atoms with van der Waals surface area (Å²) >= 11 is 0. The van der Waals surface area contributed by atoms with Crippen LogP contribution in [0.5, 0.6) is 0 Å². The molecule has 0 saturated heterocycles. The van der Waals surface area contributed by atoms with Crippen LogP contribution in [0.15, 0.2) is 41.5 Å². The summed E-state index contributed by atoms with van der Waals surface area (Å²) in [4.78, 5) is 22.0. The molecule has 0 atom stereocenters. The van der Waals surface area contributed by atoms with Crippen molar-refractivity contribution in [1.29, 1.82) is 0 Å². The van der Waals surface area contributed by atoms with E-state index in [1.807, 2.05) is 6.07 Å². The van der Waals surface area contributed by atoms with Crippen molar-refractivity contribution in [3.63, 3.8) is 0 Å². The zero-order valence-electron chi connectivity index (χ0n) is 9.40. The van der Waals surface area contributed by atoms with Gasteiger partial charge in [-0.15, -0.1) is 0 Å². The summed E-state index contributed by atoms with van der Waals surface area (Å²) in [6.45, 7) is 3.61. The van der Waals surface area contributed by atoms with Crippen molar-refractivity contribution < 1.29 is 14.3 Å². The molecule has 16 heavy (non-hydrogen) atoms. The molecular weight excluding hydrogens is 204 g/mol. The average Bonchev–Trinajstić information content (AvgIpc) is 2.35. The van der Waals surface area contributed by atoms with E-state index in [0.717, 1.165) is 11.9 Å². The van der Waals surface area contributed by atoms with Gasteiger partial charge in [0.05, 0.1) is 5.56 Å². The molecular formula is C13H14O3. The maximum absolute atomic E-state index is 11.5. The molecule has 0 radical (unpaired) electrons. The predicted molar refractivity (Wildman–Crippen MR) is 61.2 cm³/mol. The predicted octanol–water partition coefficient (Wildman–Crippen LogP) is 2.38. The third kappa shape index (κ3) is 3.35. The van der Waals surface area contributed by atoms with Crippen LogP contribution in [0.4, 0.5) is 0 Å². The molecule has 0 unspecified atom stereocenters.